The zero-order valence-corrected chi connectivity index (χ0v) is 5.17. The molecule has 0 spiro atoms. The van der Waals surface area contributed by atoms with E-state index in [0.717, 1.165) is 5.54 Å². The summed E-state index contributed by atoms with van der Waals surface area (Å²) >= 11 is 5.01. The van der Waals surface area contributed by atoms with Gasteiger partial charge in [-0.05, 0) is 0 Å². The van der Waals surface area contributed by atoms with Crippen molar-refractivity contribution >= 4 is 11.6 Å². The van der Waals surface area contributed by atoms with Crippen molar-refractivity contribution in [1.29, 1.82) is 0 Å². The molecule has 0 aliphatic heterocycles. The van der Waals surface area contributed by atoms with Gasteiger partial charge in [-0.1, -0.05) is 25.4 Å². The third-order valence-corrected chi connectivity index (χ3v) is 0.864. The molecule has 0 aromatic heterocycles. The lowest BCUT2D eigenvalue weighted by Gasteiger charge is -1.94. The van der Waals surface area contributed by atoms with Gasteiger partial charge in [-0.15, -0.1) is 0 Å². The Bertz CT molecular complexity index is 76.1. The molecule has 0 saturated carbocycles. The summed E-state index contributed by atoms with van der Waals surface area (Å²) in [7, 11) is 0. The van der Waals surface area contributed by atoms with Crippen molar-refractivity contribution in [3.8, 4) is 0 Å². The first-order chi connectivity index (χ1) is 3.18. The Balaban J connectivity index is 3.56. The quantitative estimate of drug-likeness (QED) is 0.502. The van der Waals surface area contributed by atoms with E-state index < -0.39 is 0 Å². The van der Waals surface area contributed by atoms with Crippen LogP contribution in [0.3, 0.4) is 0 Å². The van der Waals surface area contributed by atoms with Gasteiger partial charge in [0.2, 0.25) is 0 Å². The van der Waals surface area contributed by atoms with Crippen LogP contribution >= 0.6 is 11.6 Å². The SMILES string of the molecule is CC(C)/C(F)=C\Cl. The Morgan fingerprint density at radius 2 is 2.14 bits per heavy atom. The average Bonchev–Trinajstić information content (AvgIpc) is 1.65. The van der Waals surface area contributed by atoms with Crippen LogP contribution in [-0.4, -0.2) is 0 Å². The fraction of sp³-hybridized carbons (Fsp3) is 0.600. The molecule has 0 fully saturated rings. The lowest BCUT2D eigenvalue weighted by molar-refractivity contribution is 0.522. The Morgan fingerprint density at radius 1 is 1.71 bits per heavy atom. The molecule has 0 radical (unpaired) electrons. The molecule has 0 nitrogen and oxygen atoms in total. The van der Waals surface area contributed by atoms with Crippen LogP contribution < -0.4 is 0 Å². The lowest BCUT2D eigenvalue weighted by Crippen LogP contribution is -1.83. The first-order valence-corrected chi connectivity index (χ1v) is 2.58. The predicted octanol–water partition coefficient (Wildman–Crippen LogP) is 2.69. The van der Waals surface area contributed by atoms with Crippen molar-refractivity contribution in [3.63, 3.8) is 0 Å². The molecule has 0 aliphatic carbocycles. The monoisotopic (exact) mass is 122 g/mol. The molecule has 0 heterocycles. The van der Waals surface area contributed by atoms with E-state index in [1.165, 1.54) is 0 Å². The maximum Gasteiger partial charge on any atom is 0.114 e. The van der Waals surface area contributed by atoms with Gasteiger partial charge in [0.15, 0.2) is 0 Å². The second kappa shape index (κ2) is 3.03. The van der Waals surface area contributed by atoms with Crippen LogP contribution in [0.4, 0.5) is 4.39 Å². The predicted molar refractivity (Wildman–Crippen MR) is 29.9 cm³/mol. The van der Waals surface area contributed by atoms with E-state index in [2.05, 4.69) is 0 Å². The van der Waals surface area contributed by atoms with Crippen LogP contribution in [0.1, 0.15) is 13.8 Å². The molecule has 0 N–H and O–H groups in total. The van der Waals surface area contributed by atoms with Crippen LogP contribution in [0, 0.1) is 5.92 Å². The highest BCUT2D eigenvalue weighted by atomic mass is 35.5. The standard InChI is InChI=1S/C5H8ClF/c1-4(2)5(7)3-6/h3-4H,1-2H3/b5-3+. The topological polar surface area (TPSA) is 0 Å². The number of rotatable bonds is 1. The second-order valence-electron chi connectivity index (χ2n) is 1.65. The molecular weight excluding hydrogens is 115 g/mol. The fourth-order valence-electron chi connectivity index (χ4n) is 0.126. The highest BCUT2D eigenvalue weighted by molar-refractivity contribution is 6.25. The smallest absolute Gasteiger partial charge is 0.114 e. The first kappa shape index (κ1) is 6.96. The fourth-order valence-corrected chi connectivity index (χ4v) is 0.378. The summed E-state index contributed by atoms with van der Waals surface area (Å²) < 4.78 is 12.0. The summed E-state index contributed by atoms with van der Waals surface area (Å²) in [5, 5.41) is 0. The van der Waals surface area contributed by atoms with Crippen molar-refractivity contribution in [2.45, 2.75) is 13.8 Å². The van der Waals surface area contributed by atoms with Crippen LogP contribution in [0.5, 0.6) is 0 Å². The molecule has 0 atom stereocenters. The van der Waals surface area contributed by atoms with Gasteiger partial charge in [0, 0.05) is 11.5 Å². The third kappa shape index (κ3) is 2.63. The van der Waals surface area contributed by atoms with E-state index in [4.69, 9.17) is 11.6 Å². The number of hydrogen-bond acceptors (Lipinski definition) is 0. The van der Waals surface area contributed by atoms with E-state index in [1.807, 2.05) is 0 Å². The van der Waals surface area contributed by atoms with Crippen molar-refractivity contribution in [3.05, 3.63) is 11.4 Å². The van der Waals surface area contributed by atoms with E-state index >= 15 is 0 Å². The van der Waals surface area contributed by atoms with Crippen molar-refractivity contribution in [1.82, 2.24) is 0 Å². The van der Waals surface area contributed by atoms with E-state index in [1.54, 1.807) is 13.8 Å². The molecule has 0 bridgehead atoms. The van der Waals surface area contributed by atoms with E-state index in [-0.39, 0.29) is 11.7 Å². The Labute approximate surface area is 48.0 Å². The van der Waals surface area contributed by atoms with Gasteiger partial charge in [0.25, 0.3) is 0 Å². The summed E-state index contributed by atoms with van der Waals surface area (Å²) in [6, 6.07) is 0. The number of hydrogen-bond donors (Lipinski definition) is 0. The Kier molecular flexibility index (Phi) is 3.01. The van der Waals surface area contributed by atoms with E-state index in [9.17, 15) is 4.39 Å². The Morgan fingerprint density at radius 3 is 2.14 bits per heavy atom. The molecule has 0 amide bonds. The molecule has 0 aliphatic rings. The summed E-state index contributed by atoms with van der Waals surface area (Å²) in [6.45, 7) is 3.49. The largest absolute Gasteiger partial charge is 0.211 e. The van der Waals surface area contributed by atoms with Crippen molar-refractivity contribution < 1.29 is 4.39 Å². The van der Waals surface area contributed by atoms with Crippen molar-refractivity contribution in [2.24, 2.45) is 5.92 Å². The van der Waals surface area contributed by atoms with Crippen LogP contribution in [0.2, 0.25) is 0 Å². The Hall–Kier alpha value is -0.0400. The summed E-state index contributed by atoms with van der Waals surface area (Å²) in [5.74, 6) is -0.334. The number of allylic oxidation sites excluding steroid dienone is 1. The molecule has 2 heteroatoms. The minimum atomic E-state index is -0.262. The molecule has 0 saturated heterocycles. The highest BCUT2D eigenvalue weighted by Gasteiger charge is 1.96. The zero-order valence-electron chi connectivity index (χ0n) is 4.41. The van der Waals surface area contributed by atoms with Gasteiger partial charge < -0.3 is 0 Å². The molecule has 0 aromatic carbocycles. The van der Waals surface area contributed by atoms with Gasteiger partial charge in [-0.2, -0.15) is 0 Å². The molecule has 0 rings (SSSR count). The molecular formula is C5H8ClF. The minimum absolute atomic E-state index is 0.0718. The van der Waals surface area contributed by atoms with Crippen molar-refractivity contribution in [2.75, 3.05) is 0 Å². The summed E-state index contributed by atoms with van der Waals surface area (Å²) in [5.41, 5.74) is 0.963. The molecule has 7 heavy (non-hydrogen) atoms. The summed E-state index contributed by atoms with van der Waals surface area (Å²) in [6.07, 6.45) is 0. The lowest BCUT2D eigenvalue weighted by atomic mass is 10.2. The maximum absolute atomic E-state index is 12.0. The van der Waals surface area contributed by atoms with Gasteiger partial charge in [-0.25, -0.2) is 4.39 Å². The van der Waals surface area contributed by atoms with Gasteiger partial charge in [0.05, 0.1) is 0 Å². The van der Waals surface area contributed by atoms with Crippen LogP contribution in [0.25, 0.3) is 0 Å². The second-order valence-corrected chi connectivity index (χ2v) is 1.87. The van der Waals surface area contributed by atoms with Gasteiger partial charge >= 0.3 is 0 Å². The molecule has 42 valence electrons. The minimum Gasteiger partial charge on any atom is -0.211 e. The first-order valence-electron chi connectivity index (χ1n) is 2.14. The third-order valence-electron chi connectivity index (χ3n) is 0.656. The zero-order chi connectivity index (χ0) is 5.86. The van der Waals surface area contributed by atoms with E-state index in [0.29, 0.717) is 0 Å². The molecule has 0 unspecified atom stereocenters. The van der Waals surface area contributed by atoms with Crippen LogP contribution in [0.15, 0.2) is 11.4 Å². The normalized spacial score (nSPS) is 13.0. The van der Waals surface area contributed by atoms with Crippen LogP contribution in [-0.2, 0) is 0 Å². The van der Waals surface area contributed by atoms with Gasteiger partial charge in [0.1, 0.15) is 5.83 Å². The summed E-state index contributed by atoms with van der Waals surface area (Å²) in [4.78, 5) is 0. The van der Waals surface area contributed by atoms with Gasteiger partial charge in [-0.3, -0.25) is 0 Å². The number of halogens is 2. The highest BCUT2D eigenvalue weighted by Crippen LogP contribution is 2.10. The molecule has 0 aromatic rings. The maximum atomic E-state index is 12.0. The average molecular weight is 123 g/mol.